The number of aryl methyl sites for hydroxylation is 1. The third-order valence-electron chi connectivity index (χ3n) is 4.62. The number of nitrogens with zero attached hydrogens (tertiary/aromatic N) is 2. The van der Waals surface area contributed by atoms with Crippen molar-refractivity contribution in [3.05, 3.63) is 86.3 Å². The molecule has 0 fully saturated rings. The highest BCUT2D eigenvalue weighted by Gasteiger charge is 2.33. The van der Waals surface area contributed by atoms with Crippen LogP contribution < -0.4 is 10.9 Å². The maximum absolute atomic E-state index is 13.4. The molecule has 29 heavy (non-hydrogen) atoms. The van der Waals surface area contributed by atoms with Gasteiger partial charge in [0.1, 0.15) is 0 Å². The molecule has 1 aromatic heterocycles. The quantitative estimate of drug-likeness (QED) is 0.585. The fourth-order valence-corrected chi connectivity index (χ4v) is 3.16. The molecule has 0 unspecified atom stereocenters. The van der Waals surface area contributed by atoms with Crippen molar-refractivity contribution < 1.29 is 13.2 Å². The van der Waals surface area contributed by atoms with Gasteiger partial charge in [0.05, 0.1) is 12.1 Å². The molecule has 0 radical (unpaired) electrons. The second kappa shape index (κ2) is 8.29. The fourth-order valence-electron chi connectivity index (χ4n) is 2.98. The van der Waals surface area contributed by atoms with Gasteiger partial charge in [-0.2, -0.15) is 18.2 Å². The summed E-state index contributed by atoms with van der Waals surface area (Å²) in [6, 6.07) is 10.6. The van der Waals surface area contributed by atoms with Gasteiger partial charge in [-0.25, -0.2) is 0 Å². The highest BCUT2D eigenvalue weighted by Crippen LogP contribution is 2.33. The molecular weight excluding hydrogens is 403 g/mol. The average Bonchev–Trinajstić information content (AvgIpc) is 2.67. The Morgan fingerprint density at radius 1 is 1.10 bits per heavy atom. The van der Waals surface area contributed by atoms with Crippen LogP contribution in [0.5, 0.6) is 0 Å². The van der Waals surface area contributed by atoms with E-state index in [9.17, 15) is 18.0 Å². The van der Waals surface area contributed by atoms with Crippen molar-refractivity contribution in [2.45, 2.75) is 33.0 Å². The summed E-state index contributed by atoms with van der Waals surface area (Å²) in [4.78, 5) is 16.3. The Morgan fingerprint density at radius 2 is 1.83 bits per heavy atom. The second-order valence-corrected chi connectivity index (χ2v) is 6.98. The van der Waals surface area contributed by atoms with Crippen LogP contribution >= 0.6 is 11.6 Å². The van der Waals surface area contributed by atoms with Crippen molar-refractivity contribution in [1.82, 2.24) is 9.55 Å². The van der Waals surface area contributed by atoms with Gasteiger partial charge in [0, 0.05) is 22.5 Å². The molecule has 0 atom stereocenters. The SMILES string of the molecule is CCc1cn(Cc2ccccc2C(F)(F)F)c(Nc2cccc(Cl)c2C)nc1=O. The lowest BCUT2D eigenvalue weighted by molar-refractivity contribution is -0.138. The number of hydrogen-bond acceptors (Lipinski definition) is 3. The lowest BCUT2D eigenvalue weighted by Crippen LogP contribution is -2.21. The van der Waals surface area contributed by atoms with E-state index in [-0.39, 0.29) is 18.1 Å². The Bertz CT molecular complexity index is 1090. The molecule has 0 amide bonds. The summed E-state index contributed by atoms with van der Waals surface area (Å²) < 4.78 is 41.7. The Labute approximate surface area is 171 Å². The van der Waals surface area contributed by atoms with Crippen molar-refractivity contribution in [2.75, 3.05) is 5.32 Å². The van der Waals surface area contributed by atoms with E-state index in [0.717, 1.165) is 11.6 Å². The Kier molecular flexibility index (Phi) is 5.98. The van der Waals surface area contributed by atoms with E-state index in [4.69, 9.17) is 11.6 Å². The van der Waals surface area contributed by atoms with Crippen LogP contribution in [0.1, 0.15) is 29.2 Å². The molecule has 3 rings (SSSR count). The largest absolute Gasteiger partial charge is 0.416 e. The normalized spacial score (nSPS) is 11.5. The smallest absolute Gasteiger partial charge is 0.325 e. The van der Waals surface area contributed by atoms with E-state index >= 15 is 0 Å². The van der Waals surface area contributed by atoms with Crippen LogP contribution in [0.15, 0.2) is 53.5 Å². The monoisotopic (exact) mass is 421 g/mol. The van der Waals surface area contributed by atoms with Crippen LogP contribution in [0.2, 0.25) is 5.02 Å². The number of nitrogens with one attached hydrogen (secondary N) is 1. The first-order valence-corrected chi connectivity index (χ1v) is 9.36. The van der Waals surface area contributed by atoms with Gasteiger partial charge in [0.15, 0.2) is 0 Å². The van der Waals surface area contributed by atoms with Gasteiger partial charge < -0.3 is 9.88 Å². The predicted molar refractivity (Wildman–Crippen MR) is 108 cm³/mol. The first-order chi connectivity index (χ1) is 13.7. The predicted octanol–water partition coefficient (Wildman–Crippen LogP) is 5.58. The number of aromatic nitrogens is 2. The Morgan fingerprint density at radius 3 is 2.52 bits per heavy atom. The van der Waals surface area contributed by atoms with E-state index in [1.165, 1.54) is 16.7 Å². The second-order valence-electron chi connectivity index (χ2n) is 6.57. The van der Waals surface area contributed by atoms with Gasteiger partial charge in [-0.15, -0.1) is 0 Å². The number of rotatable bonds is 5. The van der Waals surface area contributed by atoms with E-state index in [1.807, 2.05) is 0 Å². The topological polar surface area (TPSA) is 46.9 Å². The number of benzene rings is 2. The molecule has 0 spiro atoms. The summed E-state index contributed by atoms with van der Waals surface area (Å²) in [5, 5.41) is 3.56. The number of anilines is 2. The zero-order valence-electron chi connectivity index (χ0n) is 15.8. The van der Waals surface area contributed by atoms with Crippen molar-refractivity contribution >= 4 is 23.2 Å². The number of alkyl halides is 3. The molecule has 0 aliphatic heterocycles. The van der Waals surface area contributed by atoms with Crippen LogP contribution in [0, 0.1) is 6.92 Å². The molecule has 0 saturated heterocycles. The third kappa shape index (κ3) is 4.62. The van der Waals surface area contributed by atoms with E-state index in [1.54, 1.807) is 44.3 Å². The van der Waals surface area contributed by atoms with Gasteiger partial charge in [-0.3, -0.25) is 4.79 Å². The van der Waals surface area contributed by atoms with E-state index in [0.29, 0.717) is 22.7 Å². The average molecular weight is 422 g/mol. The summed E-state index contributed by atoms with van der Waals surface area (Å²) in [5.74, 6) is 0.148. The van der Waals surface area contributed by atoms with Crippen molar-refractivity contribution in [3.63, 3.8) is 0 Å². The number of hydrogen-bond donors (Lipinski definition) is 1. The highest BCUT2D eigenvalue weighted by atomic mass is 35.5. The standard InChI is InChI=1S/C21H19ClF3N3O/c1-3-14-11-28(12-15-7-4-5-8-16(15)21(23,24)25)20(27-19(14)29)26-18-10-6-9-17(22)13(18)2/h4-11H,3,12H2,1-2H3,(H,26,27,29). The maximum Gasteiger partial charge on any atom is 0.416 e. The van der Waals surface area contributed by atoms with Gasteiger partial charge in [0.25, 0.3) is 5.56 Å². The summed E-state index contributed by atoms with van der Waals surface area (Å²) in [5.41, 5.74) is 0.717. The molecule has 0 aliphatic rings. The first-order valence-electron chi connectivity index (χ1n) is 8.98. The minimum atomic E-state index is -4.48. The highest BCUT2D eigenvalue weighted by molar-refractivity contribution is 6.31. The molecule has 0 saturated carbocycles. The minimum absolute atomic E-state index is 0.0818. The van der Waals surface area contributed by atoms with Gasteiger partial charge >= 0.3 is 6.18 Å². The van der Waals surface area contributed by atoms with Gasteiger partial charge in [-0.1, -0.05) is 42.8 Å². The van der Waals surface area contributed by atoms with Gasteiger partial charge in [-0.05, 0) is 42.7 Å². The molecule has 4 nitrogen and oxygen atoms in total. The van der Waals surface area contributed by atoms with Crippen molar-refractivity contribution in [1.29, 1.82) is 0 Å². The van der Waals surface area contributed by atoms with Crippen LogP contribution in [0.4, 0.5) is 24.8 Å². The molecule has 2 aromatic carbocycles. The zero-order chi connectivity index (χ0) is 21.2. The summed E-state index contributed by atoms with van der Waals surface area (Å²) in [7, 11) is 0. The van der Waals surface area contributed by atoms with Crippen LogP contribution in [0.3, 0.4) is 0 Å². The summed E-state index contributed by atoms with van der Waals surface area (Å²) in [6.07, 6.45) is -2.51. The maximum atomic E-state index is 13.4. The Hall–Kier alpha value is -2.80. The molecule has 1 N–H and O–H groups in total. The third-order valence-corrected chi connectivity index (χ3v) is 5.03. The van der Waals surface area contributed by atoms with Crippen LogP contribution in [-0.2, 0) is 19.1 Å². The molecular formula is C21H19ClF3N3O. The van der Waals surface area contributed by atoms with E-state index in [2.05, 4.69) is 10.3 Å². The number of halogens is 4. The van der Waals surface area contributed by atoms with Crippen LogP contribution in [0.25, 0.3) is 0 Å². The molecule has 0 aliphatic carbocycles. The first kappa shape index (κ1) is 20.9. The molecule has 1 heterocycles. The molecule has 8 heteroatoms. The molecule has 3 aromatic rings. The van der Waals surface area contributed by atoms with Gasteiger partial charge in [0.2, 0.25) is 5.95 Å². The lowest BCUT2D eigenvalue weighted by atomic mass is 10.1. The molecule has 0 bridgehead atoms. The summed E-state index contributed by atoms with van der Waals surface area (Å²) in [6.45, 7) is 3.49. The summed E-state index contributed by atoms with van der Waals surface area (Å²) >= 11 is 6.15. The van der Waals surface area contributed by atoms with Crippen molar-refractivity contribution in [2.24, 2.45) is 0 Å². The Balaban J connectivity index is 2.09. The van der Waals surface area contributed by atoms with Crippen LogP contribution in [-0.4, -0.2) is 9.55 Å². The fraction of sp³-hybridized carbons (Fsp3) is 0.238. The zero-order valence-corrected chi connectivity index (χ0v) is 16.6. The van der Waals surface area contributed by atoms with Crippen molar-refractivity contribution in [3.8, 4) is 0 Å². The minimum Gasteiger partial charge on any atom is -0.325 e. The lowest BCUT2D eigenvalue weighted by Gasteiger charge is -2.19. The van der Waals surface area contributed by atoms with E-state index < -0.39 is 17.3 Å². The molecule has 152 valence electrons.